The van der Waals surface area contributed by atoms with Gasteiger partial charge in [-0.2, -0.15) is 0 Å². The Morgan fingerprint density at radius 1 is 1.16 bits per heavy atom. The predicted octanol–water partition coefficient (Wildman–Crippen LogP) is 4.55. The maximum atomic E-state index is 6.05. The molecule has 0 aliphatic heterocycles. The molecule has 1 N–H and O–H groups in total. The molecule has 0 spiro atoms. The molecular formula is C16H26BrNO. The topological polar surface area (TPSA) is 21.3 Å². The Hall–Kier alpha value is -0.380. The lowest BCUT2D eigenvalue weighted by atomic mass is 10.1. The Morgan fingerprint density at radius 2 is 1.74 bits per heavy atom. The average Bonchev–Trinajstić information content (AvgIpc) is 2.29. The zero-order chi connectivity index (χ0) is 14.5. The highest BCUT2D eigenvalue weighted by Gasteiger charge is 2.16. The molecule has 1 aromatic rings. The van der Waals surface area contributed by atoms with E-state index in [1.165, 1.54) is 5.56 Å². The lowest BCUT2D eigenvalue weighted by Crippen LogP contribution is -2.39. The third-order valence-electron chi connectivity index (χ3n) is 2.69. The van der Waals surface area contributed by atoms with E-state index >= 15 is 0 Å². The van der Waals surface area contributed by atoms with Gasteiger partial charge in [0.2, 0.25) is 0 Å². The Labute approximate surface area is 126 Å². The first-order valence-electron chi connectivity index (χ1n) is 6.90. The fourth-order valence-electron chi connectivity index (χ4n) is 1.66. The number of benzene rings is 1. The first kappa shape index (κ1) is 16.7. The summed E-state index contributed by atoms with van der Waals surface area (Å²) in [6.45, 7) is 12.5. The monoisotopic (exact) mass is 327 g/mol. The quantitative estimate of drug-likeness (QED) is 0.827. The van der Waals surface area contributed by atoms with Gasteiger partial charge in [0.25, 0.3) is 0 Å². The number of hydrogen-bond donors (Lipinski definition) is 1. The second-order valence-electron chi connectivity index (χ2n) is 6.40. The van der Waals surface area contributed by atoms with Gasteiger partial charge in [-0.15, -0.1) is 0 Å². The van der Waals surface area contributed by atoms with Gasteiger partial charge in [0, 0.05) is 23.2 Å². The molecule has 2 nitrogen and oxygen atoms in total. The zero-order valence-electron chi connectivity index (χ0n) is 12.7. The number of hydrogen-bond acceptors (Lipinski definition) is 2. The van der Waals surface area contributed by atoms with Crippen molar-refractivity contribution >= 4 is 15.9 Å². The van der Waals surface area contributed by atoms with Crippen molar-refractivity contribution in [3.63, 3.8) is 0 Å². The predicted molar refractivity (Wildman–Crippen MR) is 85.4 cm³/mol. The third kappa shape index (κ3) is 7.09. The lowest BCUT2D eigenvalue weighted by Gasteiger charge is -2.26. The third-order valence-corrected chi connectivity index (χ3v) is 3.22. The van der Waals surface area contributed by atoms with Crippen molar-refractivity contribution in [3.8, 4) is 0 Å². The van der Waals surface area contributed by atoms with Gasteiger partial charge >= 0.3 is 0 Å². The second kappa shape index (κ2) is 7.41. The van der Waals surface area contributed by atoms with Crippen molar-refractivity contribution < 1.29 is 4.74 Å². The van der Waals surface area contributed by atoms with Gasteiger partial charge in [-0.1, -0.05) is 41.9 Å². The van der Waals surface area contributed by atoms with Gasteiger partial charge in [0.1, 0.15) is 0 Å². The van der Waals surface area contributed by atoms with Crippen molar-refractivity contribution in [1.29, 1.82) is 0 Å². The van der Waals surface area contributed by atoms with E-state index in [0.29, 0.717) is 5.92 Å². The zero-order valence-corrected chi connectivity index (χ0v) is 14.3. The van der Waals surface area contributed by atoms with Crippen molar-refractivity contribution in [3.05, 3.63) is 34.3 Å². The van der Waals surface area contributed by atoms with E-state index in [1.54, 1.807) is 0 Å². The minimum Gasteiger partial charge on any atom is -0.372 e. The molecular weight excluding hydrogens is 302 g/mol. The number of halogens is 1. The summed E-state index contributed by atoms with van der Waals surface area (Å²) in [5.74, 6) is 0.549. The van der Waals surface area contributed by atoms with Gasteiger partial charge < -0.3 is 10.1 Å². The molecule has 0 saturated carbocycles. The molecule has 0 aliphatic carbocycles. The largest absolute Gasteiger partial charge is 0.372 e. The molecule has 19 heavy (non-hydrogen) atoms. The lowest BCUT2D eigenvalue weighted by molar-refractivity contribution is 0.0315. The first-order valence-corrected chi connectivity index (χ1v) is 7.69. The van der Waals surface area contributed by atoms with E-state index in [0.717, 1.165) is 17.6 Å². The molecule has 0 saturated heterocycles. The maximum absolute atomic E-state index is 6.05. The Bertz CT molecular complexity index is 367. The average molecular weight is 328 g/mol. The van der Waals surface area contributed by atoms with Crippen LogP contribution >= 0.6 is 15.9 Å². The summed E-state index contributed by atoms with van der Waals surface area (Å²) in [6, 6.07) is 8.38. The number of rotatable bonds is 6. The van der Waals surface area contributed by atoms with Crippen LogP contribution in [0.3, 0.4) is 0 Å². The first-order chi connectivity index (χ1) is 8.78. The van der Waals surface area contributed by atoms with Crippen molar-refractivity contribution in [1.82, 2.24) is 5.32 Å². The van der Waals surface area contributed by atoms with E-state index in [2.05, 4.69) is 80.1 Å². The van der Waals surface area contributed by atoms with E-state index in [-0.39, 0.29) is 11.6 Å². The van der Waals surface area contributed by atoms with E-state index in [9.17, 15) is 0 Å². The van der Waals surface area contributed by atoms with Crippen molar-refractivity contribution in [2.24, 2.45) is 5.92 Å². The van der Waals surface area contributed by atoms with Gasteiger partial charge in [-0.05, 0) is 44.4 Å². The van der Waals surface area contributed by atoms with E-state index < -0.39 is 0 Å². The molecule has 108 valence electrons. The molecule has 0 aliphatic rings. The summed E-state index contributed by atoms with van der Waals surface area (Å²) in [7, 11) is 0. The van der Waals surface area contributed by atoms with Gasteiger partial charge in [0.05, 0.1) is 6.10 Å². The van der Waals surface area contributed by atoms with Gasteiger partial charge in [-0.25, -0.2) is 0 Å². The normalized spacial score (nSPS) is 13.8. The summed E-state index contributed by atoms with van der Waals surface area (Å²) in [5, 5.41) is 3.52. The van der Waals surface area contributed by atoms with Crippen LogP contribution in [0.5, 0.6) is 0 Å². The van der Waals surface area contributed by atoms with E-state index in [1.807, 2.05) is 0 Å². The highest BCUT2D eigenvalue weighted by atomic mass is 79.9. The Kier molecular flexibility index (Phi) is 6.51. The second-order valence-corrected chi connectivity index (χ2v) is 7.31. The van der Waals surface area contributed by atoms with Gasteiger partial charge in [-0.3, -0.25) is 0 Å². The summed E-state index contributed by atoms with van der Waals surface area (Å²) >= 11 is 3.47. The fraction of sp³-hybridized carbons (Fsp3) is 0.625. The molecule has 1 rings (SSSR count). The molecule has 1 atom stereocenters. The minimum atomic E-state index is 0.106. The maximum Gasteiger partial charge on any atom is 0.0949 e. The molecule has 0 amide bonds. The highest BCUT2D eigenvalue weighted by molar-refractivity contribution is 9.10. The van der Waals surface area contributed by atoms with Crippen LogP contribution in [0.4, 0.5) is 0 Å². The molecule has 0 fully saturated rings. The molecule has 0 heterocycles. The number of nitrogens with one attached hydrogen (secondary N) is 1. The fourth-order valence-corrected chi connectivity index (χ4v) is 1.92. The van der Waals surface area contributed by atoms with Crippen LogP contribution in [-0.2, 0) is 4.74 Å². The smallest absolute Gasteiger partial charge is 0.0949 e. The highest BCUT2D eigenvalue weighted by Crippen LogP contribution is 2.21. The SMILES string of the molecule is CC(C)COC(CNC(C)(C)C)c1ccc(Br)cc1. The van der Waals surface area contributed by atoms with Crippen LogP contribution < -0.4 is 5.32 Å². The number of ether oxygens (including phenoxy) is 1. The molecule has 1 aromatic carbocycles. The summed E-state index contributed by atoms with van der Waals surface area (Å²) < 4.78 is 7.15. The minimum absolute atomic E-state index is 0.106. The summed E-state index contributed by atoms with van der Waals surface area (Å²) in [4.78, 5) is 0. The van der Waals surface area contributed by atoms with Crippen LogP contribution in [0, 0.1) is 5.92 Å². The summed E-state index contributed by atoms with van der Waals surface area (Å²) in [6.07, 6.45) is 0.106. The molecule has 0 bridgehead atoms. The molecule has 0 aromatic heterocycles. The van der Waals surface area contributed by atoms with Gasteiger partial charge in [0.15, 0.2) is 0 Å². The Morgan fingerprint density at radius 3 is 2.21 bits per heavy atom. The molecule has 3 heteroatoms. The van der Waals surface area contributed by atoms with Crippen molar-refractivity contribution in [2.45, 2.75) is 46.3 Å². The molecule has 0 radical (unpaired) electrons. The summed E-state index contributed by atoms with van der Waals surface area (Å²) in [5.41, 5.74) is 1.33. The Balaban J connectivity index is 2.70. The van der Waals surface area contributed by atoms with Crippen LogP contribution in [0.25, 0.3) is 0 Å². The van der Waals surface area contributed by atoms with Crippen LogP contribution in [0.1, 0.15) is 46.3 Å². The van der Waals surface area contributed by atoms with Crippen LogP contribution in [0.2, 0.25) is 0 Å². The standard InChI is InChI=1S/C16H26BrNO/c1-12(2)11-19-15(10-18-16(3,4)5)13-6-8-14(17)9-7-13/h6-9,12,15,18H,10-11H2,1-5H3. The van der Waals surface area contributed by atoms with Crippen LogP contribution in [0.15, 0.2) is 28.7 Å². The van der Waals surface area contributed by atoms with Crippen LogP contribution in [-0.4, -0.2) is 18.7 Å². The van der Waals surface area contributed by atoms with E-state index in [4.69, 9.17) is 4.74 Å². The molecule has 1 unspecified atom stereocenters. The van der Waals surface area contributed by atoms with Crippen molar-refractivity contribution in [2.75, 3.05) is 13.2 Å².